The molecule has 1 aliphatic heterocycles. The molecule has 0 bridgehead atoms. The molecule has 1 N–H and O–H groups in total. The van der Waals surface area contributed by atoms with Gasteiger partial charge in [-0.3, -0.25) is 5.10 Å². The van der Waals surface area contributed by atoms with Gasteiger partial charge in [0.05, 0.1) is 11.7 Å². The highest BCUT2D eigenvalue weighted by Crippen LogP contribution is 2.32. The molecule has 0 radical (unpaired) electrons. The number of anilines is 1. The number of H-pyrrole nitrogens is 1. The molecule has 118 valence electrons. The SMILES string of the molecule is Cc1cc2ccccc2nc1N1CCC(c2cn[nH]c2C)CC1. The van der Waals surface area contributed by atoms with Gasteiger partial charge in [0.2, 0.25) is 0 Å². The first-order valence-corrected chi connectivity index (χ1v) is 8.33. The van der Waals surface area contributed by atoms with Crippen molar-refractivity contribution >= 4 is 16.7 Å². The zero-order valence-electron chi connectivity index (χ0n) is 13.7. The number of nitrogens with zero attached hydrogens (tertiary/aromatic N) is 3. The van der Waals surface area contributed by atoms with Gasteiger partial charge in [0.25, 0.3) is 0 Å². The lowest BCUT2D eigenvalue weighted by atomic mass is 9.90. The summed E-state index contributed by atoms with van der Waals surface area (Å²) >= 11 is 0. The topological polar surface area (TPSA) is 44.8 Å². The number of pyridine rings is 1. The van der Waals surface area contributed by atoms with Crippen LogP contribution in [0.4, 0.5) is 5.82 Å². The summed E-state index contributed by atoms with van der Waals surface area (Å²) in [5, 5.41) is 8.45. The minimum Gasteiger partial charge on any atom is -0.356 e. The lowest BCUT2D eigenvalue weighted by molar-refractivity contribution is 0.501. The van der Waals surface area contributed by atoms with E-state index in [-0.39, 0.29) is 0 Å². The largest absolute Gasteiger partial charge is 0.356 e. The predicted molar refractivity (Wildman–Crippen MR) is 94.0 cm³/mol. The summed E-state index contributed by atoms with van der Waals surface area (Å²) in [5.74, 6) is 1.76. The maximum atomic E-state index is 4.91. The van der Waals surface area contributed by atoms with E-state index in [1.807, 2.05) is 6.20 Å². The van der Waals surface area contributed by atoms with Gasteiger partial charge in [-0.1, -0.05) is 18.2 Å². The summed E-state index contributed by atoms with van der Waals surface area (Å²) in [6.07, 6.45) is 4.32. The molecule has 1 aliphatic rings. The third-order valence-corrected chi connectivity index (χ3v) is 4.99. The van der Waals surface area contributed by atoms with Gasteiger partial charge in [-0.25, -0.2) is 4.98 Å². The lowest BCUT2D eigenvalue weighted by Crippen LogP contribution is -2.34. The van der Waals surface area contributed by atoms with Crippen LogP contribution in [0.5, 0.6) is 0 Å². The van der Waals surface area contributed by atoms with E-state index in [2.05, 4.69) is 59.3 Å². The molecule has 23 heavy (non-hydrogen) atoms. The number of aromatic nitrogens is 3. The minimum atomic E-state index is 0.616. The second-order valence-corrected chi connectivity index (χ2v) is 6.53. The van der Waals surface area contributed by atoms with Crippen LogP contribution in [0.1, 0.15) is 35.6 Å². The molecule has 4 heteroatoms. The Bertz CT molecular complexity index is 828. The molecule has 0 unspecified atom stereocenters. The van der Waals surface area contributed by atoms with Crippen molar-refractivity contribution in [3.05, 3.63) is 53.3 Å². The van der Waals surface area contributed by atoms with Crippen LogP contribution < -0.4 is 4.90 Å². The van der Waals surface area contributed by atoms with Crippen molar-refractivity contribution in [2.24, 2.45) is 0 Å². The second kappa shape index (κ2) is 5.69. The molecule has 0 saturated carbocycles. The monoisotopic (exact) mass is 306 g/mol. The molecule has 1 saturated heterocycles. The van der Waals surface area contributed by atoms with E-state index < -0.39 is 0 Å². The maximum absolute atomic E-state index is 4.91. The molecule has 1 fully saturated rings. The number of piperidine rings is 1. The molecule has 3 heterocycles. The third kappa shape index (κ3) is 2.58. The van der Waals surface area contributed by atoms with Crippen LogP contribution in [-0.4, -0.2) is 28.3 Å². The summed E-state index contributed by atoms with van der Waals surface area (Å²) in [6.45, 7) is 6.40. The van der Waals surface area contributed by atoms with Crippen LogP contribution >= 0.6 is 0 Å². The average Bonchev–Trinajstić information content (AvgIpc) is 3.00. The second-order valence-electron chi connectivity index (χ2n) is 6.53. The standard InChI is InChI=1S/C19H22N4/c1-13-11-16-5-3-4-6-18(16)21-19(13)23-9-7-15(8-10-23)17-12-20-22-14(17)2/h3-6,11-12,15H,7-10H2,1-2H3,(H,20,22). The molecule has 0 spiro atoms. The lowest BCUT2D eigenvalue weighted by Gasteiger charge is -2.33. The Labute approximate surface area is 136 Å². The molecule has 2 aromatic heterocycles. The number of aryl methyl sites for hydroxylation is 2. The zero-order chi connectivity index (χ0) is 15.8. The van der Waals surface area contributed by atoms with Crippen molar-refractivity contribution in [2.75, 3.05) is 18.0 Å². The summed E-state index contributed by atoms with van der Waals surface area (Å²) in [4.78, 5) is 7.35. The molecule has 4 rings (SSSR count). The molecular weight excluding hydrogens is 284 g/mol. The molecule has 1 aromatic carbocycles. The van der Waals surface area contributed by atoms with Crippen LogP contribution in [0, 0.1) is 13.8 Å². The smallest absolute Gasteiger partial charge is 0.132 e. The van der Waals surface area contributed by atoms with Gasteiger partial charge in [-0.2, -0.15) is 5.10 Å². The van der Waals surface area contributed by atoms with Crippen molar-refractivity contribution in [1.29, 1.82) is 0 Å². The number of benzene rings is 1. The number of fused-ring (bicyclic) bond motifs is 1. The average molecular weight is 306 g/mol. The zero-order valence-corrected chi connectivity index (χ0v) is 13.7. The number of hydrogen-bond acceptors (Lipinski definition) is 3. The highest BCUT2D eigenvalue weighted by molar-refractivity contribution is 5.81. The molecule has 0 atom stereocenters. The van der Waals surface area contributed by atoms with Crippen molar-refractivity contribution < 1.29 is 0 Å². The van der Waals surface area contributed by atoms with Gasteiger partial charge in [0.1, 0.15) is 5.82 Å². The quantitative estimate of drug-likeness (QED) is 0.779. The van der Waals surface area contributed by atoms with E-state index in [1.165, 1.54) is 22.2 Å². The van der Waals surface area contributed by atoms with Crippen LogP contribution in [-0.2, 0) is 0 Å². The van der Waals surface area contributed by atoms with Crippen molar-refractivity contribution in [3.8, 4) is 0 Å². The predicted octanol–water partition coefficient (Wildman–Crippen LogP) is 3.96. The Morgan fingerprint density at radius 3 is 2.65 bits per heavy atom. The Kier molecular flexibility index (Phi) is 3.52. The fourth-order valence-electron chi connectivity index (χ4n) is 3.71. The molecule has 0 amide bonds. The van der Waals surface area contributed by atoms with E-state index in [4.69, 9.17) is 4.98 Å². The highest BCUT2D eigenvalue weighted by Gasteiger charge is 2.24. The fourth-order valence-corrected chi connectivity index (χ4v) is 3.71. The van der Waals surface area contributed by atoms with E-state index in [1.54, 1.807) is 0 Å². The number of rotatable bonds is 2. The van der Waals surface area contributed by atoms with Crippen molar-refractivity contribution in [1.82, 2.24) is 15.2 Å². The van der Waals surface area contributed by atoms with E-state index in [9.17, 15) is 0 Å². The Balaban J connectivity index is 1.56. The van der Waals surface area contributed by atoms with E-state index in [0.717, 1.165) is 37.3 Å². The Morgan fingerprint density at radius 2 is 1.91 bits per heavy atom. The van der Waals surface area contributed by atoms with Crippen LogP contribution in [0.3, 0.4) is 0 Å². The van der Waals surface area contributed by atoms with Gasteiger partial charge in [0.15, 0.2) is 0 Å². The van der Waals surface area contributed by atoms with Gasteiger partial charge in [-0.15, -0.1) is 0 Å². The first kappa shape index (κ1) is 14.2. The summed E-state index contributed by atoms with van der Waals surface area (Å²) in [6, 6.07) is 10.6. The minimum absolute atomic E-state index is 0.616. The summed E-state index contributed by atoms with van der Waals surface area (Å²) < 4.78 is 0. The number of para-hydroxylation sites is 1. The van der Waals surface area contributed by atoms with Gasteiger partial charge >= 0.3 is 0 Å². The van der Waals surface area contributed by atoms with Crippen LogP contribution in [0.15, 0.2) is 36.5 Å². The van der Waals surface area contributed by atoms with E-state index >= 15 is 0 Å². The van der Waals surface area contributed by atoms with Crippen molar-refractivity contribution in [3.63, 3.8) is 0 Å². The number of hydrogen-bond donors (Lipinski definition) is 1. The molecule has 3 aromatic rings. The summed E-state index contributed by atoms with van der Waals surface area (Å²) in [5.41, 5.74) is 4.94. The molecule has 0 aliphatic carbocycles. The Hall–Kier alpha value is -2.36. The molecular formula is C19H22N4. The first-order valence-electron chi connectivity index (χ1n) is 8.33. The number of aromatic amines is 1. The maximum Gasteiger partial charge on any atom is 0.132 e. The summed E-state index contributed by atoms with van der Waals surface area (Å²) in [7, 11) is 0. The Morgan fingerprint density at radius 1 is 1.13 bits per heavy atom. The first-order chi connectivity index (χ1) is 11.2. The van der Waals surface area contributed by atoms with E-state index in [0.29, 0.717) is 5.92 Å². The normalized spacial score (nSPS) is 16.2. The van der Waals surface area contributed by atoms with Crippen LogP contribution in [0.2, 0.25) is 0 Å². The molecule has 4 nitrogen and oxygen atoms in total. The van der Waals surface area contributed by atoms with Gasteiger partial charge < -0.3 is 4.90 Å². The third-order valence-electron chi connectivity index (χ3n) is 4.99. The number of nitrogens with one attached hydrogen (secondary N) is 1. The fraction of sp³-hybridized carbons (Fsp3) is 0.368. The highest BCUT2D eigenvalue weighted by atomic mass is 15.2. The van der Waals surface area contributed by atoms with Crippen molar-refractivity contribution in [2.45, 2.75) is 32.6 Å². The van der Waals surface area contributed by atoms with Crippen LogP contribution in [0.25, 0.3) is 10.9 Å². The van der Waals surface area contributed by atoms with Gasteiger partial charge in [-0.05, 0) is 55.9 Å². The van der Waals surface area contributed by atoms with Gasteiger partial charge in [0, 0.05) is 24.2 Å².